The zero-order chi connectivity index (χ0) is 14.8. The van der Waals surface area contributed by atoms with Crippen molar-refractivity contribution in [1.82, 2.24) is 9.78 Å². The fraction of sp³-hybridized carbons (Fsp3) is 0.308. The van der Waals surface area contributed by atoms with E-state index in [0.29, 0.717) is 16.5 Å². The summed E-state index contributed by atoms with van der Waals surface area (Å²) in [4.78, 5) is 0. The highest BCUT2D eigenvalue weighted by Gasteiger charge is 2.30. The molecule has 2 rings (SSSR count). The van der Waals surface area contributed by atoms with Crippen LogP contribution in [0.4, 0.5) is 19.0 Å². The molecule has 1 heterocycles. The number of halogens is 3. The third-order valence-corrected chi connectivity index (χ3v) is 3.69. The van der Waals surface area contributed by atoms with Crippen molar-refractivity contribution in [3.8, 4) is 5.69 Å². The Hall–Kier alpha value is -1.63. The second kappa shape index (κ2) is 5.78. The van der Waals surface area contributed by atoms with Crippen LogP contribution in [0.5, 0.6) is 0 Å². The van der Waals surface area contributed by atoms with Gasteiger partial charge in [-0.1, -0.05) is 13.0 Å². The molecule has 0 saturated carbocycles. The smallest absolute Gasteiger partial charge is 0.384 e. The highest BCUT2D eigenvalue weighted by atomic mass is 32.2. The Bertz CT molecular complexity index is 593. The summed E-state index contributed by atoms with van der Waals surface area (Å²) >= 11 is 1.53. The molecule has 2 N–H and O–H groups in total. The summed E-state index contributed by atoms with van der Waals surface area (Å²) in [5, 5.41) is 4.94. The molecular weight excluding hydrogens is 287 g/mol. The van der Waals surface area contributed by atoms with Crippen molar-refractivity contribution >= 4 is 17.6 Å². The standard InChI is InChI=1S/C13H14F3N3S/c1-2-6-20-12-8-11(17)19(18-12)10-5-3-4-9(7-10)13(14,15)16/h3-5,7-8H,2,6,17H2,1H3. The molecule has 0 atom stereocenters. The van der Waals surface area contributed by atoms with Gasteiger partial charge < -0.3 is 5.73 Å². The first-order valence-electron chi connectivity index (χ1n) is 6.08. The monoisotopic (exact) mass is 301 g/mol. The number of alkyl halides is 3. The molecule has 2 aromatic rings. The molecule has 0 fully saturated rings. The van der Waals surface area contributed by atoms with E-state index in [1.54, 1.807) is 12.1 Å². The van der Waals surface area contributed by atoms with Gasteiger partial charge in [-0.2, -0.15) is 18.3 Å². The fourth-order valence-corrected chi connectivity index (χ4v) is 2.43. The molecule has 20 heavy (non-hydrogen) atoms. The van der Waals surface area contributed by atoms with Crippen LogP contribution in [0.25, 0.3) is 5.69 Å². The molecule has 0 bridgehead atoms. The molecule has 1 aromatic heterocycles. The number of hydrogen-bond acceptors (Lipinski definition) is 3. The van der Waals surface area contributed by atoms with Gasteiger partial charge in [0.15, 0.2) is 0 Å². The summed E-state index contributed by atoms with van der Waals surface area (Å²) in [6.45, 7) is 2.04. The third-order valence-electron chi connectivity index (χ3n) is 2.59. The van der Waals surface area contributed by atoms with Crippen molar-refractivity contribution < 1.29 is 13.2 Å². The molecule has 0 aliphatic rings. The predicted octanol–water partition coefficient (Wildman–Crippen LogP) is 3.98. The molecule has 3 nitrogen and oxygen atoms in total. The summed E-state index contributed by atoms with van der Waals surface area (Å²) < 4.78 is 39.4. The third kappa shape index (κ3) is 3.27. The summed E-state index contributed by atoms with van der Waals surface area (Å²) in [5.74, 6) is 1.21. The molecule has 0 saturated heterocycles. The lowest BCUT2D eigenvalue weighted by Crippen LogP contribution is -2.07. The minimum absolute atomic E-state index is 0.306. The number of nitrogen functional groups attached to an aromatic ring is 1. The number of nitrogens with two attached hydrogens (primary N) is 1. The second-order valence-corrected chi connectivity index (χ2v) is 5.33. The quantitative estimate of drug-likeness (QED) is 0.869. The Morgan fingerprint density at radius 2 is 2.05 bits per heavy atom. The van der Waals surface area contributed by atoms with Gasteiger partial charge in [-0.25, -0.2) is 4.68 Å². The van der Waals surface area contributed by atoms with Crippen molar-refractivity contribution in [3.63, 3.8) is 0 Å². The van der Waals surface area contributed by atoms with Crippen LogP contribution < -0.4 is 5.73 Å². The lowest BCUT2D eigenvalue weighted by molar-refractivity contribution is -0.137. The number of aromatic nitrogens is 2. The van der Waals surface area contributed by atoms with Crippen molar-refractivity contribution in [3.05, 3.63) is 35.9 Å². The molecular formula is C13H14F3N3S. The van der Waals surface area contributed by atoms with E-state index in [2.05, 4.69) is 5.10 Å². The molecule has 108 valence electrons. The molecule has 1 aromatic carbocycles. The average Bonchev–Trinajstić information content (AvgIpc) is 2.77. The minimum Gasteiger partial charge on any atom is -0.384 e. The van der Waals surface area contributed by atoms with Crippen LogP contribution in [0, 0.1) is 0 Å². The van der Waals surface area contributed by atoms with Gasteiger partial charge in [0.05, 0.1) is 11.3 Å². The Labute approximate surface area is 119 Å². The van der Waals surface area contributed by atoms with Crippen molar-refractivity contribution in [1.29, 1.82) is 0 Å². The van der Waals surface area contributed by atoms with Gasteiger partial charge in [-0.3, -0.25) is 0 Å². The number of benzene rings is 1. The van der Waals surface area contributed by atoms with E-state index < -0.39 is 11.7 Å². The molecule has 0 amide bonds. The van der Waals surface area contributed by atoms with E-state index in [1.807, 2.05) is 6.92 Å². The predicted molar refractivity (Wildman–Crippen MR) is 74.0 cm³/mol. The molecule has 0 spiro atoms. The van der Waals surface area contributed by atoms with Crippen molar-refractivity contribution in [2.24, 2.45) is 0 Å². The van der Waals surface area contributed by atoms with Gasteiger partial charge in [0.25, 0.3) is 0 Å². The summed E-state index contributed by atoms with van der Waals surface area (Å²) in [6.07, 6.45) is -3.39. The average molecular weight is 301 g/mol. The molecule has 7 heteroatoms. The second-order valence-electron chi connectivity index (χ2n) is 4.22. The normalized spacial score (nSPS) is 11.8. The Morgan fingerprint density at radius 3 is 2.70 bits per heavy atom. The van der Waals surface area contributed by atoms with Crippen LogP contribution in [0.2, 0.25) is 0 Å². The Morgan fingerprint density at radius 1 is 1.30 bits per heavy atom. The summed E-state index contributed by atoms with van der Waals surface area (Å²) in [5.41, 5.74) is 5.40. The van der Waals surface area contributed by atoms with Gasteiger partial charge >= 0.3 is 6.18 Å². The van der Waals surface area contributed by atoms with Crippen molar-refractivity contribution in [2.75, 3.05) is 11.5 Å². The molecule has 0 unspecified atom stereocenters. The van der Waals surface area contributed by atoms with Crippen molar-refractivity contribution in [2.45, 2.75) is 24.5 Å². The lowest BCUT2D eigenvalue weighted by atomic mass is 10.2. The summed E-state index contributed by atoms with van der Waals surface area (Å²) in [6, 6.07) is 6.62. The van der Waals surface area contributed by atoms with E-state index in [4.69, 9.17) is 5.73 Å². The Balaban J connectivity index is 2.34. The fourth-order valence-electron chi connectivity index (χ4n) is 1.67. The van der Waals surface area contributed by atoms with E-state index in [1.165, 1.54) is 22.5 Å². The molecule has 0 aliphatic carbocycles. The zero-order valence-electron chi connectivity index (χ0n) is 10.8. The first kappa shape index (κ1) is 14.8. The van der Waals surface area contributed by atoms with Crippen LogP contribution in [0.1, 0.15) is 18.9 Å². The van der Waals surface area contributed by atoms with E-state index in [0.717, 1.165) is 24.3 Å². The van der Waals surface area contributed by atoms with Gasteiger partial charge in [0.1, 0.15) is 10.8 Å². The Kier molecular flexibility index (Phi) is 4.27. The topological polar surface area (TPSA) is 43.8 Å². The zero-order valence-corrected chi connectivity index (χ0v) is 11.6. The maximum absolute atomic E-state index is 12.7. The highest BCUT2D eigenvalue weighted by Crippen LogP contribution is 2.31. The van der Waals surface area contributed by atoms with Gasteiger partial charge in [-0.05, 0) is 30.4 Å². The maximum atomic E-state index is 12.7. The van der Waals surface area contributed by atoms with E-state index in [9.17, 15) is 13.2 Å². The first-order chi connectivity index (χ1) is 9.41. The number of rotatable bonds is 4. The van der Waals surface area contributed by atoms with Crippen LogP contribution in [-0.2, 0) is 6.18 Å². The van der Waals surface area contributed by atoms with Gasteiger partial charge in [0.2, 0.25) is 0 Å². The van der Waals surface area contributed by atoms with Crippen LogP contribution >= 0.6 is 11.8 Å². The van der Waals surface area contributed by atoms with Crippen LogP contribution in [0.3, 0.4) is 0 Å². The van der Waals surface area contributed by atoms with Gasteiger partial charge in [-0.15, -0.1) is 11.8 Å². The van der Waals surface area contributed by atoms with Crippen LogP contribution in [-0.4, -0.2) is 15.5 Å². The maximum Gasteiger partial charge on any atom is 0.416 e. The highest BCUT2D eigenvalue weighted by molar-refractivity contribution is 7.99. The van der Waals surface area contributed by atoms with E-state index in [-0.39, 0.29) is 0 Å². The van der Waals surface area contributed by atoms with E-state index >= 15 is 0 Å². The molecule has 0 aliphatic heterocycles. The SMILES string of the molecule is CCCSc1cc(N)n(-c2cccc(C(F)(F)F)c2)n1. The lowest BCUT2D eigenvalue weighted by Gasteiger charge is -2.09. The number of anilines is 1. The molecule has 0 radical (unpaired) electrons. The van der Waals surface area contributed by atoms with Gasteiger partial charge in [0, 0.05) is 6.07 Å². The first-order valence-corrected chi connectivity index (χ1v) is 7.06. The number of hydrogen-bond donors (Lipinski definition) is 1. The summed E-state index contributed by atoms with van der Waals surface area (Å²) in [7, 11) is 0. The van der Waals surface area contributed by atoms with Crippen LogP contribution in [0.15, 0.2) is 35.4 Å². The largest absolute Gasteiger partial charge is 0.416 e. The number of nitrogens with zero attached hydrogens (tertiary/aromatic N) is 2. The minimum atomic E-state index is -4.38. The number of thioether (sulfide) groups is 1.